The van der Waals surface area contributed by atoms with Gasteiger partial charge in [0.1, 0.15) is 0 Å². The van der Waals surface area contributed by atoms with Crippen LogP contribution in [0.5, 0.6) is 0 Å². The Bertz CT molecular complexity index is 609. The molecule has 18 heavy (non-hydrogen) atoms. The Kier molecular flexibility index (Phi) is 3.15. The molecule has 2 rings (SSSR count). The van der Waals surface area contributed by atoms with Gasteiger partial charge in [0.2, 0.25) is 0 Å². The van der Waals surface area contributed by atoms with E-state index >= 15 is 0 Å². The fourth-order valence-electron chi connectivity index (χ4n) is 2.23. The van der Waals surface area contributed by atoms with Gasteiger partial charge >= 0.3 is 0 Å². The van der Waals surface area contributed by atoms with Crippen LogP contribution < -0.4 is 0 Å². The van der Waals surface area contributed by atoms with Gasteiger partial charge in [-0.15, -0.1) is 0 Å². The van der Waals surface area contributed by atoms with Crippen LogP contribution in [0.1, 0.15) is 38.9 Å². The molecular formula is C15H15NO2. The molecule has 0 saturated carbocycles. The number of carbonyl (C=O) groups excluding carboxylic acids is 2. The summed E-state index contributed by atoms with van der Waals surface area (Å²) in [4.78, 5) is 24.1. The third-order valence-corrected chi connectivity index (χ3v) is 2.97. The maximum Gasteiger partial charge on any atom is 0.195 e. The van der Waals surface area contributed by atoms with Crippen molar-refractivity contribution in [2.24, 2.45) is 7.05 Å². The number of ketones is 2. The molecule has 0 aliphatic heterocycles. The van der Waals surface area contributed by atoms with E-state index < -0.39 is 0 Å². The van der Waals surface area contributed by atoms with E-state index in [1.54, 1.807) is 23.7 Å². The van der Waals surface area contributed by atoms with Crippen LogP contribution in [0.25, 0.3) is 0 Å². The van der Waals surface area contributed by atoms with Gasteiger partial charge in [-0.2, -0.15) is 0 Å². The lowest BCUT2D eigenvalue weighted by atomic mass is 9.99. The molecule has 0 radical (unpaired) electrons. The molecule has 0 atom stereocenters. The van der Waals surface area contributed by atoms with Gasteiger partial charge < -0.3 is 4.57 Å². The van der Waals surface area contributed by atoms with Gasteiger partial charge in [0.05, 0.1) is 11.3 Å². The van der Waals surface area contributed by atoms with Gasteiger partial charge in [0, 0.05) is 25.7 Å². The van der Waals surface area contributed by atoms with E-state index in [1.165, 1.54) is 6.92 Å². The number of aromatic nitrogens is 1. The second kappa shape index (κ2) is 4.61. The molecule has 1 aromatic heterocycles. The molecule has 0 bridgehead atoms. The summed E-state index contributed by atoms with van der Waals surface area (Å²) in [5.74, 6) is -0.191. The molecule has 0 spiro atoms. The first-order valence-corrected chi connectivity index (χ1v) is 5.79. The second-order valence-corrected chi connectivity index (χ2v) is 4.40. The molecule has 3 heteroatoms. The Hall–Kier alpha value is -2.16. The molecule has 0 aliphatic rings. The normalized spacial score (nSPS) is 10.4. The van der Waals surface area contributed by atoms with Crippen LogP contribution in [0, 0.1) is 6.92 Å². The lowest BCUT2D eigenvalue weighted by molar-refractivity contribution is 0.0984. The third kappa shape index (κ3) is 1.99. The second-order valence-electron chi connectivity index (χ2n) is 4.40. The maximum atomic E-state index is 12.4. The van der Waals surface area contributed by atoms with Crippen molar-refractivity contribution >= 4 is 11.6 Å². The van der Waals surface area contributed by atoms with E-state index in [0.717, 1.165) is 5.56 Å². The van der Waals surface area contributed by atoms with Crippen molar-refractivity contribution in [3.8, 4) is 0 Å². The van der Waals surface area contributed by atoms with Crippen molar-refractivity contribution in [1.29, 1.82) is 0 Å². The smallest absolute Gasteiger partial charge is 0.195 e. The van der Waals surface area contributed by atoms with Crippen LogP contribution in [-0.4, -0.2) is 16.1 Å². The lowest BCUT2D eigenvalue weighted by Gasteiger charge is -2.04. The molecular weight excluding hydrogens is 226 g/mol. The minimum absolute atomic E-state index is 0.0927. The number of aryl methyl sites for hydroxylation is 2. The molecule has 0 N–H and O–H groups in total. The first kappa shape index (κ1) is 12.3. The van der Waals surface area contributed by atoms with Gasteiger partial charge in [-0.1, -0.05) is 30.3 Å². The van der Waals surface area contributed by atoms with Crippen molar-refractivity contribution in [1.82, 2.24) is 4.57 Å². The first-order valence-electron chi connectivity index (χ1n) is 5.79. The monoisotopic (exact) mass is 241 g/mol. The van der Waals surface area contributed by atoms with Crippen molar-refractivity contribution in [3.05, 3.63) is 58.9 Å². The minimum atomic E-state index is -0.0982. The van der Waals surface area contributed by atoms with Gasteiger partial charge in [-0.25, -0.2) is 0 Å². The first-order chi connectivity index (χ1) is 8.52. The van der Waals surface area contributed by atoms with Gasteiger partial charge in [0.25, 0.3) is 0 Å². The average Bonchev–Trinajstić information content (AvgIpc) is 2.64. The average molecular weight is 241 g/mol. The molecule has 0 saturated heterocycles. The summed E-state index contributed by atoms with van der Waals surface area (Å²) in [7, 11) is 1.78. The van der Waals surface area contributed by atoms with E-state index in [1.807, 2.05) is 31.3 Å². The van der Waals surface area contributed by atoms with Crippen LogP contribution >= 0.6 is 0 Å². The number of hydrogen-bond acceptors (Lipinski definition) is 2. The zero-order valence-electron chi connectivity index (χ0n) is 10.7. The third-order valence-electron chi connectivity index (χ3n) is 2.97. The molecule has 3 nitrogen and oxygen atoms in total. The predicted octanol–water partition coefficient (Wildman–Crippen LogP) is 2.77. The standard InChI is InChI=1S/C15H15NO2/c1-10-9-16(3)14(11(2)17)13(10)15(18)12-7-5-4-6-8-12/h4-9H,1-3H3. The summed E-state index contributed by atoms with van der Waals surface area (Å²) in [5, 5.41) is 0. The minimum Gasteiger partial charge on any atom is -0.347 e. The quantitative estimate of drug-likeness (QED) is 0.775. The van der Waals surface area contributed by atoms with Crippen molar-refractivity contribution in [3.63, 3.8) is 0 Å². The molecule has 2 aromatic rings. The van der Waals surface area contributed by atoms with Crippen LogP contribution in [-0.2, 0) is 7.05 Å². The largest absolute Gasteiger partial charge is 0.347 e. The highest BCUT2D eigenvalue weighted by molar-refractivity contribution is 6.15. The molecule has 0 aliphatic carbocycles. The van der Waals surface area contributed by atoms with E-state index in [4.69, 9.17) is 0 Å². The summed E-state index contributed by atoms with van der Waals surface area (Å²) in [5.41, 5.74) is 2.42. The van der Waals surface area contributed by atoms with E-state index in [-0.39, 0.29) is 11.6 Å². The molecule has 1 heterocycles. The molecule has 0 fully saturated rings. The van der Waals surface area contributed by atoms with E-state index in [9.17, 15) is 9.59 Å². The van der Waals surface area contributed by atoms with Gasteiger partial charge in [0.15, 0.2) is 11.6 Å². The van der Waals surface area contributed by atoms with Crippen molar-refractivity contribution < 1.29 is 9.59 Å². The van der Waals surface area contributed by atoms with E-state index in [0.29, 0.717) is 16.8 Å². The lowest BCUT2D eigenvalue weighted by Crippen LogP contribution is -2.10. The van der Waals surface area contributed by atoms with Crippen LogP contribution in [0.4, 0.5) is 0 Å². The van der Waals surface area contributed by atoms with Gasteiger partial charge in [-0.3, -0.25) is 9.59 Å². The Balaban J connectivity index is 2.59. The Morgan fingerprint density at radius 1 is 1.11 bits per heavy atom. The van der Waals surface area contributed by atoms with Crippen molar-refractivity contribution in [2.45, 2.75) is 13.8 Å². The molecule has 0 unspecified atom stereocenters. The number of hydrogen-bond donors (Lipinski definition) is 0. The Morgan fingerprint density at radius 2 is 1.72 bits per heavy atom. The highest BCUT2D eigenvalue weighted by atomic mass is 16.1. The Morgan fingerprint density at radius 3 is 2.28 bits per heavy atom. The maximum absolute atomic E-state index is 12.4. The summed E-state index contributed by atoms with van der Waals surface area (Å²) < 4.78 is 1.72. The highest BCUT2D eigenvalue weighted by Gasteiger charge is 2.22. The summed E-state index contributed by atoms with van der Waals surface area (Å²) in [6.07, 6.45) is 1.81. The molecule has 0 amide bonds. The number of nitrogens with zero attached hydrogens (tertiary/aromatic N) is 1. The van der Waals surface area contributed by atoms with Crippen LogP contribution in [0.2, 0.25) is 0 Å². The summed E-state index contributed by atoms with van der Waals surface area (Å²) >= 11 is 0. The zero-order chi connectivity index (χ0) is 13.3. The predicted molar refractivity (Wildman–Crippen MR) is 70.0 cm³/mol. The zero-order valence-corrected chi connectivity index (χ0v) is 10.7. The number of rotatable bonds is 3. The number of carbonyl (C=O) groups is 2. The Labute approximate surface area is 106 Å². The fourth-order valence-corrected chi connectivity index (χ4v) is 2.23. The SMILES string of the molecule is CC(=O)c1c(C(=O)c2ccccc2)c(C)cn1C. The van der Waals surface area contributed by atoms with Crippen LogP contribution in [0.15, 0.2) is 36.5 Å². The van der Waals surface area contributed by atoms with Gasteiger partial charge in [-0.05, 0) is 12.5 Å². The molecule has 92 valence electrons. The summed E-state index contributed by atoms with van der Waals surface area (Å²) in [6, 6.07) is 9.02. The summed E-state index contributed by atoms with van der Waals surface area (Å²) in [6.45, 7) is 3.33. The number of Topliss-reactive ketones (excluding diaryl/α,β-unsaturated/α-hetero) is 1. The highest BCUT2D eigenvalue weighted by Crippen LogP contribution is 2.20. The molecule has 1 aromatic carbocycles. The fraction of sp³-hybridized carbons (Fsp3) is 0.200. The number of benzene rings is 1. The van der Waals surface area contributed by atoms with Crippen LogP contribution in [0.3, 0.4) is 0 Å². The topological polar surface area (TPSA) is 39.1 Å². The van der Waals surface area contributed by atoms with Crippen molar-refractivity contribution in [2.75, 3.05) is 0 Å². The van der Waals surface area contributed by atoms with E-state index in [2.05, 4.69) is 0 Å².